The predicted molar refractivity (Wildman–Crippen MR) is 80.0 cm³/mol. The fraction of sp³-hybridized carbons (Fsp3) is 0.538. The van der Waals surface area contributed by atoms with Crippen molar-refractivity contribution in [2.24, 2.45) is 5.92 Å². The zero-order valence-corrected chi connectivity index (χ0v) is 13.0. The van der Waals surface area contributed by atoms with Crippen LogP contribution in [0.3, 0.4) is 0 Å². The number of hydrogen-bond donors (Lipinski definition) is 1. The molecule has 0 aliphatic carbocycles. The molecule has 1 atom stereocenters. The highest BCUT2D eigenvalue weighted by Gasteiger charge is 2.15. The van der Waals surface area contributed by atoms with Gasteiger partial charge in [-0.3, -0.25) is 0 Å². The van der Waals surface area contributed by atoms with Gasteiger partial charge in [0.05, 0.1) is 5.02 Å². The molecule has 0 fully saturated rings. The normalized spacial score (nSPS) is 13.1. The molecule has 1 aromatic carbocycles. The zero-order chi connectivity index (χ0) is 12.1. The Hall–Kier alpha value is 0.200. The van der Waals surface area contributed by atoms with Crippen molar-refractivity contribution in [2.75, 3.05) is 6.54 Å². The van der Waals surface area contributed by atoms with Crippen LogP contribution in [0.5, 0.6) is 0 Å². The van der Waals surface area contributed by atoms with Crippen molar-refractivity contribution in [3.63, 3.8) is 0 Å². The Morgan fingerprint density at radius 2 is 2.06 bits per heavy atom. The predicted octanol–water partition coefficient (Wildman–Crippen LogP) is 4.64. The summed E-state index contributed by atoms with van der Waals surface area (Å²) in [6.45, 7) is 7.70. The second-order valence-electron chi connectivity index (χ2n) is 4.35. The summed E-state index contributed by atoms with van der Waals surface area (Å²) in [5.74, 6) is 0.572. The summed E-state index contributed by atoms with van der Waals surface area (Å²) in [6.07, 6.45) is 1.15. The minimum absolute atomic E-state index is 0.398. The average Bonchev–Trinajstić information content (AvgIpc) is 2.23. The molecule has 0 bridgehead atoms. The highest BCUT2D eigenvalue weighted by atomic mass is 127. The molecule has 16 heavy (non-hydrogen) atoms. The molecule has 1 aromatic rings. The molecule has 0 spiro atoms. The third kappa shape index (κ3) is 3.90. The minimum Gasteiger partial charge on any atom is -0.310 e. The van der Waals surface area contributed by atoms with Crippen molar-refractivity contribution in [2.45, 2.75) is 33.2 Å². The molecule has 0 radical (unpaired) electrons. The largest absolute Gasteiger partial charge is 0.310 e. The van der Waals surface area contributed by atoms with Crippen molar-refractivity contribution in [3.8, 4) is 0 Å². The third-order valence-electron chi connectivity index (χ3n) is 2.58. The molecule has 1 unspecified atom stereocenters. The van der Waals surface area contributed by atoms with E-state index in [0.29, 0.717) is 12.0 Å². The molecule has 1 nitrogen and oxygen atoms in total. The molecule has 1 rings (SSSR count). The Kier molecular flexibility index (Phi) is 6.08. The summed E-state index contributed by atoms with van der Waals surface area (Å²) in [5.41, 5.74) is 1.29. The monoisotopic (exact) mass is 351 g/mol. The van der Waals surface area contributed by atoms with E-state index in [1.54, 1.807) is 0 Å². The second-order valence-corrected chi connectivity index (χ2v) is 5.92. The first-order valence-corrected chi connectivity index (χ1v) is 7.20. The Bertz CT molecular complexity index is 339. The highest BCUT2D eigenvalue weighted by molar-refractivity contribution is 14.1. The van der Waals surface area contributed by atoms with E-state index < -0.39 is 0 Å². The fourth-order valence-corrected chi connectivity index (χ4v) is 2.27. The molecule has 0 heterocycles. The highest BCUT2D eigenvalue weighted by Crippen LogP contribution is 2.27. The Labute approximate surface area is 117 Å². The van der Waals surface area contributed by atoms with Crippen LogP contribution in [-0.4, -0.2) is 6.54 Å². The number of nitrogens with one attached hydrogen (secondary N) is 1. The van der Waals surface area contributed by atoms with Gasteiger partial charge in [-0.1, -0.05) is 38.4 Å². The Morgan fingerprint density at radius 3 is 2.56 bits per heavy atom. The van der Waals surface area contributed by atoms with Gasteiger partial charge in [0.1, 0.15) is 0 Å². The lowest BCUT2D eigenvalue weighted by Gasteiger charge is -2.23. The fourth-order valence-electron chi connectivity index (χ4n) is 1.74. The molecule has 0 saturated carbocycles. The van der Waals surface area contributed by atoms with Gasteiger partial charge in [0.2, 0.25) is 0 Å². The lowest BCUT2D eigenvalue weighted by Crippen LogP contribution is -2.26. The average molecular weight is 352 g/mol. The molecule has 3 heteroatoms. The zero-order valence-electron chi connectivity index (χ0n) is 10.1. The van der Waals surface area contributed by atoms with Gasteiger partial charge in [-0.25, -0.2) is 0 Å². The summed E-state index contributed by atoms with van der Waals surface area (Å²) in [5, 5.41) is 4.42. The first-order chi connectivity index (χ1) is 7.56. The molecule has 1 N–H and O–H groups in total. The van der Waals surface area contributed by atoms with Gasteiger partial charge >= 0.3 is 0 Å². The van der Waals surface area contributed by atoms with Gasteiger partial charge < -0.3 is 5.32 Å². The van der Waals surface area contributed by atoms with Crippen molar-refractivity contribution in [3.05, 3.63) is 32.4 Å². The quantitative estimate of drug-likeness (QED) is 0.762. The van der Waals surface area contributed by atoms with Gasteiger partial charge in [-0.2, -0.15) is 0 Å². The van der Waals surface area contributed by atoms with Crippen LogP contribution in [-0.2, 0) is 0 Å². The van der Waals surface area contributed by atoms with Crippen LogP contribution in [0.4, 0.5) is 0 Å². The Morgan fingerprint density at radius 1 is 1.38 bits per heavy atom. The molecular formula is C13H19ClIN. The van der Waals surface area contributed by atoms with Gasteiger partial charge in [0.15, 0.2) is 0 Å². The molecule has 0 saturated heterocycles. The van der Waals surface area contributed by atoms with Gasteiger partial charge in [0.25, 0.3) is 0 Å². The maximum atomic E-state index is 6.16. The van der Waals surface area contributed by atoms with Crippen LogP contribution < -0.4 is 5.32 Å². The van der Waals surface area contributed by atoms with Gasteiger partial charge in [0, 0.05) is 9.61 Å². The maximum absolute atomic E-state index is 6.16. The van der Waals surface area contributed by atoms with E-state index in [-0.39, 0.29) is 0 Å². The summed E-state index contributed by atoms with van der Waals surface area (Å²) >= 11 is 8.42. The van der Waals surface area contributed by atoms with E-state index in [1.807, 2.05) is 0 Å². The van der Waals surface area contributed by atoms with E-state index in [2.05, 4.69) is 66.9 Å². The topological polar surface area (TPSA) is 12.0 Å². The number of halogens is 2. The summed E-state index contributed by atoms with van der Waals surface area (Å²) in [7, 11) is 0. The number of hydrogen-bond acceptors (Lipinski definition) is 1. The first-order valence-electron chi connectivity index (χ1n) is 5.74. The lowest BCUT2D eigenvalue weighted by molar-refractivity contribution is 0.413. The molecule has 0 aliphatic rings. The van der Waals surface area contributed by atoms with E-state index in [1.165, 1.54) is 5.56 Å². The smallest absolute Gasteiger partial charge is 0.0542 e. The minimum atomic E-state index is 0.398. The van der Waals surface area contributed by atoms with Crippen LogP contribution >= 0.6 is 34.2 Å². The van der Waals surface area contributed by atoms with E-state index in [4.69, 9.17) is 11.6 Å². The summed E-state index contributed by atoms with van der Waals surface area (Å²) < 4.78 is 1.11. The van der Waals surface area contributed by atoms with Crippen LogP contribution in [0.1, 0.15) is 38.8 Å². The van der Waals surface area contributed by atoms with Crippen LogP contribution in [0, 0.1) is 9.49 Å². The number of rotatable bonds is 5. The van der Waals surface area contributed by atoms with Crippen molar-refractivity contribution >= 4 is 34.2 Å². The summed E-state index contributed by atoms with van der Waals surface area (Å²) in [4.78, 5) is 0. The molecular weight excluding hydrogens is 333 g/mol. The summed E-state index contributed by atoms with van der Waals surface area (Å²) in [6, 6.07) is 6.73. The van der Waals surface area contributed by atoms with Gasteiger partial charge in [-0.05, 0) is 59.2 Å². The third-order valence-corrected chi connectivity index (χ3v) is 4.16. The van der Waals surface area contributed by atoms with Crippen molar-refractivity contribution in [1.82, 2.24) is 5.32 Å². The van der Waals surface area contributed by atoms with Crippen molar-refractivity contribution in [1.29, 1.82) is 0 Å². The van der Waals surface area contributed by atoms with E-state index in [9.17, 15) is 0 Å². The van der Waals surface area contributed by atoms with Crippen molar-refractivity contribution < 1.29 is 0 Å². The van der Waals surface area contributed by atoms with Crippen LogP contribution in [0.15, 0.2) is 18.2 Å². The maximum Gasteiger partial charge on any atom is 0.0542 e. The molecule has 0 amide bonds. The van der Waals surface area contributed by atoms with Crippen LogP contribution in [0.2, 0.25) is 5.02 Å². The van der Waals surface area contributed by atoms with Crippen LogP contribution in [0.25, 0.3) is 0 Å². The van der Waals surface area contributed by atoms with E-state index >= 15 is 0 Å². The lowest BCUT2D eigenvalue weighted by atomic mass is 9.96. The molecule has 90 valence electrons. The molecule has 0 aromatic heterocycles. The molecule has 0 aliphatic heterocycles. The first kappa shape index (κ1) is 14.3. The van der Waals surface area contributed by atoms with Gasteiger partial charge in [-0.15, -0.1) is 0 Å². The standard InChI is InChI=1S/C13H19ClIN/c1-4-7-16-13(9(2)3)10-5-6-12(15)11(14)8-10/h5-6,8-9,13,16H,4,7H2,1-3H3. The van der Waals surface area contributed by atoms with E-state index in [0.717, 1.165) is 21.6 Å². The Balaban J connectivity index is 2.88. The second kappa shape index (κ2) is 6.82. The SMILES string of the molecule is CCCNC(c1ccc(I)c(Cl)c1)C(C)C. The number of benzene rings is 1.